The normalized spacial score (nSPS) is 40.1. The zero-order valence-electron chi connectivity index (χ0n) is 10.6. The van der Waals surface area contributed by atoms with Gasteiger partial charge in [-0.2, -0.15) is 0 Å². The van der Waals surface area contributed by atoms with Crippen molar-refractivity contribution in [3.8, 4) is 0 Å². The average molecular weight is 225 g/mol. The second kappa shape index (κ2) is 6.02. The predicted octanol–water partition coefficient (Wildman–Crippen LogP) is 2.56. The first-order chi connectivity index (χ1) is 7.79. The highest BCUT2D eigenvalue weighted by atomic mass is 16.3. The van der Waals surface area contributed by atoms with Crippen LogP contribution in [-0.2, 0) is 0 Å². The third-order valence-electron chi connectivity index (χ3n) is 4.70. The van der Waals surface area contributed by atoms with Gasteiger partial charge in [-0.3, -0.25) is 0 Å². The molecule has 2 heteroatoms. The van der Waals surface area contributed by atoms with E-state index in [1.807, 2.05) is 0 Å². The van der Waals surface area contributed by atoms with E-state index < -0.39 is 0 Å². The van der Waals surface area contributed by atoms with Crippen LogP contribution in [-0.4, -0.2) is 24.3 Å². The van der Waals surface area contributed by atoms with Crippen LogP contribution >= 0.6 is 0 Å². The fourth-order valence-corrected chi connectivity index (χ4v) is 3.38. The Kier molecular flexibility index (Phi) is 4.66. The van der Waals surface area contributed by atoms with E-state index in [0.717, 1.165) is 11.8 Å². The molecule has 2 aliphatic rings. The summed E-state index contributed by atoms with van der Waals surface area (Å²) in [5.41, 5.74) is 0. The van der Waals surface area contributed by atoms with Crippen LogP contribution in [0.1, 0.15) is 51.9 Å². The van der Waals surface area contributed by atoms with Gasteiger partial charge in [0.05, 0.1) is 0 Å². The first-order valence-electron chi connectivity index (χ1n) is 7.14. The summed E-state index contributed by atoms with van der Waals surface area (Å²) in [6.07, 6.45) is 9.44. The maximum atomic E-state index is 9.27. The van der Waals surface area contributed by atoms with Gasteiger partial charge in [-0.05, 0) is 50.0 Å². The van der Waals surface area contributed by atoms with Gasteiger partial charge in [0.25, 0.3) is 0 Å². The Morgan fingerprint density at radius 3 is 2.50 bits per heavy atom. The maximum absolute atomic E-state index is 9.27. The zero-order valence-corrected chi connectivity index (χ0v) is 10.6. The summed E-state index contributed by atoms with van der Waals surface area (Å²) < 4.78 is 0. The molecule has 0 saturated heterocycles. The van der Waals surface area contributed by atoms with Gasteiger partial charge in [-0.15, -0.1) is 0 Å². The molecule has 94 valence electrons. The van der Waals surface area contributed by atoms with Crippen molar-refractivity contribution in [3.05, 3.63) is 0 Å². The van der Waals surface area contributed by atoms with Crippen LogP contribution in [0.4, 0.5) is 0 Å². The van der Waals surface area contributed by atoms with E-state index >= 15 is 0 Å². The molecule has 0 amide bonds. The van der Waals surface area contributed by atoms with Crippen LogP contribution in [0.3, 0.4) is 0 Å². The highest BCUT2D eigenvalue weighted by molar-refractivity contribution is 4.84. The summed E-state index contributed by atoms with van der Waals surface area (Å²) in [5, 5.41) is 13.0. The smallest absolute Gasteiger partial charge is 0.0474 e. The van der Waals surface area contributed by atoms with E-state index in [1.54, 1.807) is 0 Å². The maximum Gasteiger partial charge on any atom is 0.0474 e. The molecule has 2 fully saturated rings. The molecule has 0 aromatic rings. The van der Waals surface area contributed by atoms with E-state index in [1.165, 1.54) is 51.5 Å². The number of rotatable bonds is 4. The highest BCUT2D eigenvalue weighted by Crippen LogP contribution is 2.29. The van der Waals surface area contributed by atoms with E-state index in [4.69, 9.17) is 0 Å². The minimum atomic E-state index is 0.374. The summed E-state index contributed by atoms with van der Waals surface area (Å²) >= 11 is 0. The standard InChI is InChI=1S/C14H27NO/c1-11-5-7-12(8-6-11)9-15-14-4-2-3-13(14)10-16/h11-16H,2-10H2,1H3. The third-order valence-corrected chi connectivity index (χ3v) is 4.70. The lowest BCUT2D eigenvalue weighted by molar-refractivity contribution is 0.197. The van der Waals surface area contributed by atoms with Gasteiger partial charge in [-0.1, -0.05) is 26.2 Å². The molecule has 0 bridgehead atoms. The van der Waals surface area contributed by atoms with Crippen LogP contribution in [0.2, 0.25) is 0 Å². The van der Waals surface area contributed by atoms with E-state index in [9.17, 15) is 5.11 Å². The minimum absolute atomic E-state index is 0.374. The molecule has 0 aromatic heterocycles. The van der Waals surface area contributed by atoms with Gasteiger partial charge in [0.1, 0.15) is 0 Å². The lowest BCUT2D eigenvalue weighted by atomic mass is 9.83. The monoisotopic (exact) mass is 225 g/mol. The number of nitrogens with one attached hydrogen (secondary N) is 1. The van der Waals surface area contributed by atoms with Crippen molar-refractivity contribution in [3.63, 3.8) is 0 Å². The Bertz CT molecular complexity index is 199. The molecule has 0 spiro atoms. The van der Waals surface area contributed by atoms with Gasteiger partial charge in [0.15, 0.2) is 0 Å². The number of aliphatic hydroxyl groups excluding tert-OH is 1. The van der Waals surface area contributed by atoms with Gasteiger partial charge in [0, 0.05) is 12.6 Å². The van der Waals surface area contributed by atoms with Crippen molar-refractivity contribution >= 4 is 0 Å². The summed E-state index contributed by atoms with van der Waals surface area (Å²) in [4.78, 5) is 0. The predicted molar refractivity (Wildman–Crippen MR) is 67.3 cm³/mol. The molecule has 2 rings (SSSR count). The Morgan fingerprint density at radius 2 is 1.81 bits per heavy atom. The van der Waals surface area contributed by atoms with E-state index in [-0.39, 0.29) is 0 Å². The molecule has 2 saturated carbocycles. The number of hydrogen-bond acceptors (Lipinski definition) is 2. The van der Waals surface area contributed by atoms with Crippen molar-refractivity contribution in [2.24, 2.45) is 17.8 Å². The lowest BCUT2D eigenvalue weighted by Crippen LogP contribution is -2.38. The Morgan fingerprint density at radius 1 is 1.06 bits per heavy atom. The Hall–Kier alpha value is -0.0800. The number of hydrogen-bond donors (Lipinski definition) is 2. The first kappa shape index (κ1) is 12.4. The molecule has 2 atom stereocenters. The Balaban J connectivity index is 1.67. The quantitative estimate of drug-likeness (QED) is 0.770. The van der Waals surface area contributed by atoms with Crippen molar-refractivity contribution < 1.29 is 5.11 Å². The van der Waals surface area contributed by atoms with Crippen molar-refractivity contribution in [1.29, 1.82) is 0 Å². The molecule has 2 aliphatic carbocycles. The molecular formula is C14H27NO. The third kappa shape index (κ3) is 3.21. The minimum Gasteiger partial charge on any atom is -0.396 e. The van der Waals surface area contributed by atoms with Crippen LogP contribution in [0.25, 0.3) is 0 Å². The van der Waals surface area contributed by atoms with Gasteiger partial charge in [-0.25, -0.2) is 0 Å². The summed E-state index contributed by atoms with van der Waals surface area (Å²) in [7, 11) is 0. The molecule has 0 aliphatic heterocycles. The lowest BCUT2D eigenvalue weighted by Gasteiger charge is -2.28. The van der Waals surface area contributed by atoms with E-state index in [0.29, 0.717) is 18.6 Å². The van der Waals surface area contributed by atoms with Crippen molar-refractivity contribution in [2.75, 3.05) is 13.2 Å². The number of aliphatic hydroxyl groups is 1. The summed E-state index contributed by atoms with van der Waals surface area (Å²) in [6, 6.07) is 0.601. The Labute approximate surface area is 99.8 Å². The second-order valence-electron chi connectivity index (χ2n) is 6.01. The van der Waals surface area contributed by atoms with Crippen LogP contribution in [0.5, 0.6) is 0 Å². The molecule has 2 unspecified atom stereocenters. The second-order valence-corrected chi connectivity index (χ2v) is 6.01. The zero-order chi connectivity index (χ0) is 11.4. The van der Waals surface area contributed by atoms with Gasteiger partial charge >= 0.3 is 0 Å². The van der Waals surface area contributed by atoms with Crippen LogP contribution in [0.15, 0.2) is 0 Å². The molecule has 0 heterocycles. The molecule has 0 radical (unpaired) electrons. The SMILES string of the molecule is CC1CCC(CNC2CCCC2CO)CC1. The molecule has 2 nitrogen and oxygen atoms in total. The fourth-order valence-electron chi connectivity index (χ4n) is 3.38. The largest absolute Gasteiger partial charge is 0.396 e. The highest BCUT2D eigenvalue weighted by Gasteiger charge is 2.27. The fraction of sp³-hybridized carbons (Fsp3) is 1.00. The topological polar surface area (TPSA) is 32.3 Å². The van der Waals surface area contributed by atoms with Crippen molar-refractivity contribution in [2.45, 2.75) is 57.9 Å². The summed E-state index contributed by atoms with van der Waals surface area (Å²) in [5.74, 6) is 2.38. The van der Waals surface area contributed by atoms with Gasteiger partial charge in [0.2, 0.25) is 0 Å². The van der Waals surface area contributed by atoms with Gasteiger partial charge < -0.3 is 10.4 Å². The molecule has 0 aromatic carbocycles. The first-order valence-corrected chi connectivity index (χ1v) is 7.14. The molecular weight excluding hydrogens is 198 g/mol. The van der Waals surface area contributed by atoms with Crippen molar-refractivity contribution in [1.82, 2.24) is 5.32 Å². The molecule has 2 N–H and O–H groups in total. The molecule has 16 heavy (non-hydrogen) atoms. The van der Waals surface area contributed by atoms with Crippen LogP contribution in [0, 0.1) is 17.8 Å². The average Bonchev–Trinajstić information content (AvgIpc) is 2.76. The van der Waals surface area contributed by atoms with Crippen LogP contribution < -0.4 is 5.32 Å². The van der Waals surface area contributed by atoms with E-state index in [2.05, 4.69) is 12.2 Å². The summed E-state index contributed by atoms with van der Waals surface area (Å²) in [6.45, 7) is 3.94.